The summed E-state index contributed by atoms with van der Waals surface area (Å²) in [6.45, 7) is 0. The van der Waals surface area contributed by atoms with Crippen molar-refractivity contribution in [1.82, 2.24) is 14.1 Å². The van der Waals surface area contributed by atoms with E-state index in [1.165, 1.54) is 5.56 Å². The van der Waals surface area contributed by atoms with Crippen molar-refractivity contribution in [2.75, 3.05) is 0 Å². The number of hydrogen-bond donors (Lipinski definition) is 1. The Morgan fingerprint density at radius 3 is 2.40 bits per heavy atom. The van der Waals surface area contributed by atoms with Crippen molar-refractivity contribution in [3.05, 3.63) is 103 Å². The van der Waals surface area contributed by atoms with Crippen molar-refractivity contribution in [1.29, 1.82) is 0 Å². The zero-order valence-corrected chi connectivity index (χ0v) is 13.9. The monoisotopic (exact) mass is 328 g/mol. The van der Waals surface area contributed by atoms with Gasteiger partial charge in [-0.3, -0.25) is 0 Å². The van der Waals surface area contributed by atoms with E-state index in [-0.39, 0.29) is 6.04 Å². The van der Waals surface area contributed by atoms with E-state index < -0.39 is 0 Å². The van der Waals surface area contributed by atoms with Gasteiger partial charge in [0.25, 0.3) is 0 Å². The number of rotatable bonds is 5. The molecule has 0 aliphatic carbocycles. The maximum atomic E-state index is 6.45. The van der Waals surface area contributed by atoms with Gasteiger partial charge in [0.1, 0.15) is 5.82 Å². The van der Waals surface area contributed by atoms with Crippen LogP contribution in [-0.2, 0) is 6.42 Å². The molecule has 0 bridgehead atoms. The third-order valence-corrected chi connectivity index (χ3v) is 4.31. The first-order valence-electron chi connectivity index (χ1n) is 8.38. The summed E-state index contributed by atoms with van der Waals surface area (Å²) in [7, 11) is 0. The normalized spacial score (nSPS) is 12.2. The van der Waals surface area contributed by atoms with E-state index in [1.54, 1.807) is 0 Å². The summed E-state index contributed by atoms with van der Waals surface area (Å²) in [6, 6.07) is 22.5. The Morgan fingerprint density at radius 2 is 1.60 bits per heavy atom. The third-order valence-electron chi connectivity index (χ3n) is 4.31. The smallest absolute Gasteiger partial charge is 0.130 e. The molecule has 124 valence electrons. The zero-order valence-electron chi connectivity index (χ0n) is 13.9. The van der Waals surface area contributed by atoms with E-state index in [1.807, 2.05) is 55.1 Å². The van der Waals surface area contributed by atoms with Crippen molar-refractivity contribution in [2.45, 2.75) is 12.5 Å². The predicted octanol–water partition coefficient (Wildman–Crippen LogP) is 3.91. The van der Waals surface area contributed by atoms with Crippen molar-refractivity contribution in [3.8, 4) is 11.4 Å². The van der Waals surface area contributed by atoms with Crippen LogP contribution in [0.25, 0.3) is 11.4 Å². The second-order valence-corrected chi connectivity index (χ2v) is 6.06. The number of nitrogens with zero attached hydrogens (tertiary/aromatic N) is 3. The standard InChI is InChI=1S/C21H20N4/c22-20(15-17-7-2-1-3-8-17)21-23-11-14-25(21)19-10-6-9-18(16-19)24-12-4-5-13-24/h1-14,16,20H,15,22H2/t20-/m0/s1. The molecule has 4 nitrogen and oxygen atoms in total. The topological polar surface area (TPSA) is 48.8 Å². The van der Waals surface area contributed by atoms with Gasteiger partial charge in [-0.25, -0.2) is 4.98 Å². The molecular formula is C21H20N4. The lowest BCUT2D eigenvalue weighted by atomic mass is 10.1. The fourth-order valence-electron chi connectivity index (χ4n) is 3.08. The molecule has 0 radical (unpaired) electrons. The van der Waals surface area contributed by atoms with Gasteiger partial charge in [-0.2, -0.15) is 0 Å². The zero-order chi connectivity index (χ0) is 17.1. The van der Waals surface area contributed by atoms with Gasteiger partial charge in [0.15, 0.2) is 0 Å². The van der Waals surface area contributed by atoms with Gasteiger partial charge in [-0.05, 0) is 42.3 Å². The second-order valence-electron chi connectivity index (χ2n) is 6.06. The van der Waals surface area contributed by atoms with Crippen LogP contribution in [0.2, 0.25) is 0 Å². The van der Waals surface area contributed by atoms with E-state index in [0.717, 1.165) is 23.6 Å². The fourth-order valence-corrected chi connectivity index (χ4v) is 3.08. The molecule has 4 aromatic rings. The quantitative estimate of drug-likeness (QED) is 0.604. The molecule has 2 aromatic carbocycles. The number of imidazole rings is 1. The lowest BCUT2D eigenvalue weighted by Gasteiger charge is -2.15. The molecule has 0 saturated carbocycles. The van der Waals surface area contributed by atoms with Gasteiger partial charge in [0, 0.05) is 36.2 Å². The Morgan fingerprint density at radius 1 is 0.840 bits per heavy atom. The summed E-state index contributed by atoms with van der Waals surface area (Å²) in [5.74, 6) is 0.869. The average Bonchev–Trinajstić information content (AvgIpc) is 3.35. The Bertz CT molecular complexity index is 939. The molecule has 0 saturated heterocycles. The van der Waals surface area contributed by atoms with Crippen molar-refractivity contribution in [2.24, 2.45) is 5.73 Å². The van der Waals surface area contributed by atoms with Crippen LogP contribution >= 0.6 is 0 Å². The van der Waals surface area contributed by atoms with Crippen LogP contribution < -0.4 is 5.73 Å². The van der Waals surface area contributed by atoms with Crippen molar-refractivity contribution >= 4 is 0 Å². The molecule has 25 heavy (non-hydrogen) atoms. The molecule has 2 aromatic heterocycles. The molecule has 0 unspecified atom stereocenters. The SMILES string of the molecule is N[C@@H](Cc1ccccc1)c1nccn1-c1cccc(-n2cccc2)c1. The van der Waals surface area contributed by atoms with E-state index in [0.29, 0.717) is 0 Å². The van der Waals surface area contributed by atoms with Gasteiger partial charge in [0.05, 0.1) is 6.04 Å². The molecule has 2 N–H and O–H groups in total. The number of benzene rings is 2. The van der Waals surface area contributed by atoms with Crippen LogP contribution in [0.1, 0.15) is 17.4 Å². The Kier molecular flexibility index (Phi) is 4.19. The molecule has 4 rings (SSSR count). The lowest BCUT2D eigenvalue weighted by Crippen LogP contribution is -2.18. The lowest BCUT2D eigenvalue weighted by molar-refractivity contribution is 0.654. The number of hydrogen-bond acceptors (Lipinski definition) is 2. The van der Waals surface area contributed by atoms with E-state index in [4.69, 9.17) is 5.73 Å². The molecule has 2 heterocycles. The van der Waals surface area contributed by atoms with Crippen LogP contribution in [-0.4, -0.2) is 14.1 Å². The maximum Gasteiger partial charge on any atom is 0.130 e. The minimum absolute atomic E-state index is 0.160. The minimum atomic E-state index is -0.160. The minimum Gasteiger partial charge on any atom is -0.324 e. The van der Waals surface area contributed by atoms with Crippen LogP contribution in [0.5, 0.6) is 0 Å². The summed E-state index contributed by atoms with van der Waals surface area (Å²) >= 11 is 0. The summed E-state index contributed by atoms with van der Waals surface area (Å²) in [5, 5.41) is 0. The summed E-state index contributed by atoms with van der Waals surface area (Å²) in [4.78, 5) is 4.51. The summed E-state index contributed by atoms with van der Waals surface area (Å²) in [5.41, 5.74) is 9.83. The van der Waals surface area contributed by atoms with Crippen LogP contribution in [0.3, 0.4) is 0 Å². The van der Waals surface area contributed by atoms with E-state index in [9.17, 15) is 0 Å². The van der Waals surface area contributed by atoms with Gasteiger partial charge in [0.2, 0.25) is 0 Å². The van der Waals surface area contributed by atoms with Gasteiger partial charge < -0.3 is 14.9 Å². The molecule has 4 heteroatoms. The highest BCUT2D eigenvalue weighted by atomic mass is 15.1. The largest absolute Gasteiger partial charge is 0.324 e. The highest BCUT2D eigenvalue weighted by molar-refractivity contribution is 5.45. The fraction of sp³-hybridized carbons (Fsp3) is 0.0952. The maximum absolute atomic E-state index is 6.45. The van der Waals surface area contributed by atoms with E-state index >= 15 is 0 Å². The highest BCUT2D eigenvalue weighted by Gasteiger charge is 2.14. The predicted molar refractivity (Wildman–Crippen MR) is 100.0 cm³/mol. The number of aromatic nitrogens is 3. The van der Waals surface area contributed by atoms with Gasteiger partial charge >= 0.3 is 0 Å². The molecule has 0 aliphatic rings. The first-order valence-corrected chi connectivity index (χ1v) is 8.38. The second kappa shape index (κ2) is 6.79. The molecule has 0 aliphatic heterocycles. The molecule has 0 amide bonds. The van der Waals surface area contributed by atoms with Crippen molar-refractivity contribution < 1.29 is 0 Å². The Hall–Kier alpha value is -3.11. The number of nitrogens with two attached hydrogens (primary N) is 1. The summed E-state index contributed by atoms with van der Waals surface area (Å²) in [6.07, 6.45) is 8.61. The highest BCUT2D eigenvalue weighted by Crippen LogP contribution is 2.20. The molecule has 1 atom stereocenters. The summed E-state index contributed by atoms with van der Waals surface area (Å²) < 4.78 is 4.16. The average molecular weight is 328 g/mol. The van der Waals surface area contributed by atoms with Crippen LogP contribution in [0.15, 0.2) is 91.5 Å². The van der Waals surface area contributed by atoms with Crippen molar-refractivity contribution in [3.63, 3.8) is 0 Å². The molecule has 0 fully saturated rings. The van der Waals surface area contributed by atoms with Crippen LogP contribution in [0, 0.1) is 0 Å². The van der Waals surface area contributed by atoms with E-state index in [2.05, 4.69) is 50.5 Å². The molecular weight excluding hydrogens is 308 g/mol. The Labute approximate surface area is 147 Å². The molecule has 0 spiro atoms. The first-order chi connectivity index (χ1) is 12.3. The van der Waals surface area contributed by atoms with Crippen LogP contribution in [0.4, 0.5) is 0 Å². The van der Waals surface area contributed by atoms with Gasteiger partial charge in [-0.15, -0.1) is 0 Å². The first kappa shape index (κ1) is 15.4. The Balaban J connectivity index is 1.64. The third kappa shape index (κ3) is 3.25. The van der Waals surface area contributed by atoms with Gasteiger partial charge in [-0.1, -0.05) is 36.4 Å².